The predicted octanol–water partition coefficient (Wildman–Crippen LogP) is 3.59. The number of amides is 1. The minimum Gasteiger partial charge on any atom is -0.382 e. The molecule has 2 aliphatic rings. The molecule has 0 unspecified atom stereocenters. The van der Waals surface area contributed by atoms with E-state index in [-0.39, 0.29) is 18.4 Å². The number of carbonyl (C=O) groups is 1. The molecule has 0 bridgehead atoms. The topological polar surface area (TPSA) is 49.3 Å². The molecule has 1 saturated heterocycles. The van der Waals surface area contributed by atoms with Gasteiger partial charge < -0.3 is 20.1 Å². The van der Waals surface area contributed by atoms with Gasteiger partial charge in [0.2, 0.25) is 5.91 Å². The molecule has 4 rings (SSSR count). The molecule has 2 aromatic rings. The van der Waals surface area contributed by atoms with Gasteiger partial charge in [0.15, 0.2) is 0 Å². The van der Waals surface area contributed by atoms with E-state index in [1.54, 1.807) is 18.2 Å². The summed E-state index contributed by atoms with van der Waals surface area (Å²) in [5.41, 5.74) is 1.63. The fourth-order valence-electron chi connectivity index (χ4n) is 3.99. The number of anilines is 1. The lowest BCUT2D eigenvalue weighted by Gasteiger charge is -2.30. The van der Waals surface area contributed by atoms with E-state index >= 15 is 0 Å². The lowest BCUT2D eigenvalue weighted by Crippen LogP contribution is -2.36. The van der Waals surface area contributed by atoms with Crippen molar-refractivity contribution in [2.45, 2.75) is 44.4 Å². The Balaban J connectivity index is 1.59. The molecular weight excluding hydrogens is 405 g/mol. The van der Waals surface area contributed by atoms with Gasteiger partial charge in [-0.25, -0.2) is 0 Å². The van der Waals surface area contributed by atoms with E-state index in [1.165, 1.54) is 4.57 Å². The van der Waals surface area contributed by atoms with Crippen molar-refractivity contribution in [1.82, 2.24) is 14.8 Å². The first kappa shape index (κ1) is 21.6. The number of halogens is 3. The molecular formula is C23H27F3N4O. The summed E-state index contributed by atoms with van der Waals surface area (Å²) in [4.78, 5) is 14.0. The first-order valence-corrected chi connectivity index (χ1v) is 10.7. The summed E-state index contributed by atoms with van der Waals surface area (Å²) in [5.74, 6) is 5.70. The van der Waals surface area contributed by atoms with Crippen molar-refractivity contribution in [3.05, 3.63) is 30.0 Å². The zero-order valence-corrected chi connectivity index (χ0v) is 17.6. The number of alkyl halides is 3. The van der Waals surface area contributed by atoms with Crippen LogP contribution in [0.15, 0.2) is 24.3 Å². The largest absolute Gasteiger partial charge is 0.406 e. The van der Waals surface area contributed by atoms with E-state index in [1.807, 2.05) is 6.07 Å². The van der Waals surface area contributed by atoms with Crippen LogP contribution in [-0.2, 0) is 11.3 Å². The number of hydrogen-bond donors (Lipinski definition) is 2. The van der Waals surface area contributed by atoms with Gasteiger partial charge in [0.1, 0.15) is 6.54 Å². The van der Waals surface area contributed by atoms with E-state index < -0.39 is 12.7 Å². The molecule has 166 valence electrons. The van der Waals surface area contributed by atoms with Crippen LogP contribution >= 0.6 is 0 Å². The summed E-state index contributed by atoms with van der Waals surface area (Å²) >= 11 is 0. The van der Waals surface area contributed by atoms with Gasteiger partial charge in [-0.3, -0.25) is 4.79 Å². The number of benzene rings is 1. The molecule has 2 fully saturated rings. The predicted molar refractivity (Wildman–Crippen MR) is 115 cm³/mol. The van der Waals surface area contributed by atoms with Gasteiger partial charge in [0.25, 0.3) is 0 Å². The Bertz CT molecular complexity index is 1010. The SMILES string of the molecule is CN1CCC(Nc2cccc3c2cc(C#CCNC(=O)C2CC2)n3CC(F)(F)F)CC1. The molecule has 1 aliphatic carbocycles. The van der Waals surface area contributed by atoms with Crippen LogP contribution in [0.2, 0.25) is 0 Å². The monoisotopic (exact) mass is 432 g/mol. The van der Waals surface area contributed by atoms with Gasteiger partial charge in [0, 0.05) is 23.0 Å². The molecule has 1 saturated carbocycles. The van der Waals surface area contributed by atoms with E-state index in [0.29, 0.717) is 17.3 Å². The first-order valence-electron chi connectivity index (χ1n) is 10.7. The van der Waals surface area contributed by atoms with Crippen LogP contribution in [0.4, 0.5) is 18.9 Å². The summed E-state index contributed by atoms with van der Waals surface area (Å²) in [7, 11) is 2.09. The number of rotatable bonds is 5. The number of likely N-dealkylation sites (tertiary alicyclic amines) is 1. The Morgan fingerprint density at radius 2 is 1.94 bits per heavy atom. The van der Waals surface area contributed by atoms with Crippen molar-refractivity contribution in [2.24, 2.45) is 5.92 Å². The molecule has 2 heterocycles. The molecule has 1 aromatic carbocycles. The summed E-state index contributed by atoms with van der Waals surface area (Å²) in [6.45, 7) is 1.01. The second-order valence-electron chi connectivity index (χ2n) is 8.49. The molecule has 5 nitrogen and oxygen atoms in total. The fourth-order valence-corrected chi connectivity index (χ4v) is 3.99. The zero-order valence-electron chi connectivity index (χ0n) is 17.6. The standard InChI is InChI=1S/C23H27F3N4O/c1-29-12-9-17(10-13-29)28-20-5-2-6-21-19(20)14-18(30(21)15-23(24,25)26)4-3-11-27-22(31)16-7-8-16/h2,5-6,14,16-17,28H,7-13,15H2,1H3,(H,27,31). The maximum Gasteiger partial charge on any atom is 0.406 e. The number of nitrogens with zero attached hydrogens (tertiary/aromatic N) is 2. The average Bonchev–Trinajstić information content (AvgIpc) is 3.51. The van der Waals surface area contributed by atoms with E-state index in [9.17, 15) is 18.0 Å². The third kappa shape index (κ3) is 5.53. The Kier molecular flexibility index (Phi) is 6.15. The van der Waals surface area contributed by atoms with Crippen molar-refractivity contribution in [1.29, 1.82) is 0 Å². The lowest BCUT2D eigenvalue weighted by molar-refractivity contribution is -0.140. The van der Waals surface area contributed by atoms with Crippen LogP contribution in [0.25, 0.3) is 10.9 Å². The molecule has 0 spiro atoms. The number of fused-ring (bicyclic) bond motifs is 1. The molecule has 8 heteroatoms. The Hall–Kier alpha value is -2.66. The second-order valence-corrected chi connectivity index (χ2v) is 8.49. The van der Waals surface area contributed by atoms with Gasteiger partial charge in [0.05, 0.1) is 17.8 Å². The maximum absolute atomic E-state index is 13.3. The van der Waals surface area contributed by atoms with E-state index in [0.717, 1.165) is 49.8 Å². The van der Waals surface area contributed by atoms with Crippen LogP contribution in [-0.4, -0.2) is 54.3 Å². The number of piperidine rings is 1. The Labute approximate surface area is 180 Å². The highest BCUT2D eigenvalue weighted by Gasteiger charge is 2.30. The van der Waals surface area contributed by atoms with Crippen LogP contribution in [0, 0.1) is 17.8 Å². The highest BCUT2D eigenvalue weighted by atomic mass is 19.4. The van der Waals surface area contributed by atoms with Crippen LogP contribution < -0.4 is 10.6 Å². The number of carbonyl (C=O) groups excluding carboxylic acids is 1. The summed E-state index contributed by atoms with van der Waals surface area (Å²) in [6, 6.07) is 7.39. The summed E-state index contributed by atoms with van der Waals surface area (Å²) in [6.07, 6.45) is -0.592. The van der Waals surface area contributed by atoms with E-state index in [4.69, 9.17) is 0 Å². The Morgan fingerprint density at radius 1 is 1.19 bits per heavy atom. The molecule has 1 amide bonds. The van der Waals surface area contributed by atoms with Crippen LogP contribution in [0.1, 0.15) is 31.4 Å². The molecule has 31 heavy (non-hydrogen) atoms. The minimum absolute atomic E-state index is 0.0326. The molecule has 0 radical (unpaired) electrons. The third-order valence-electron chi connectivity index (χ3n) is 5.88. The van der Waals surface area contributed by atoms with Gasteiger partial charge in [-0.1, -0.05) is 12.0 Å². The van der Waals surface area contributed by atoms with Gasteiger partial charge in [-0.2, -0.15) is 13.2 Å². The number of aromatic nitrogens is 1. The van der Waals surface area contributed by atoms with Crippen molar-refractivity contribution >= 4 is 22.5 Å². The highest BCUT2D eigenvalue weighted by molar-refractivity contribution is 5.94. The Morgan fingerprint density at radius 3 is 2.61 bits per heavy atom. The van der Waals surface area contributed by atoms with Crippen molar-refractivity contribution < 1.29 is 18.0 Å². The fraction of sp³-hybridized carbons (Fsp3) is 0.522. The second kappa shape index (κ2) is 8.83. The number of hydrogen-bond acceptors (Lipinski definition) is 3. The quantitative estimate of drug-likeness (QED) is 0.710. The van der Waals surface area contributed by atoms with Gasteiger partial charge in [-0.15, -0.1) is 0 Å². The minimum atomic E-state index is -4.36. The highest BCUT2D eigenvalue weighted by Crippen LogP contribution is 2.31. The first-order chi connectivity index (χ1) is 14.8. The molecule has 0 atom stereocenters. The average molecular weight is 432 g/mol. The molecule has 1 aromatic heterocycles. The van der Waals surface area contributed by atoms with Crippen LogP contribution in [0.5, 0.6) is 0 Å². The van der Waals surface area contributed by atoms with Crippen LogP contribution in [0.3, 0.4) is 0 Å². The molecule has 2 N–H and O–H groups in total. The van der Waals surface area contributed by atoms with Gasteiger partial charge in [-0.05, 0) is 69.9 Å². The van der Waals surface area contributed by atoms with Crippen molar-refractivity contribution in [3.63, 3.8) is 0 Å². The number of nitrogens with one attached hydrogen (secondary N) is 2. The lowest BCUT2D eigenvalue weighted by atomic mass is 10.0. The zero-order chi connectivity index (χ0) is 22.0. The maximum atomic E-state index is 13.3. The molecule has 1 aliphatic heterocycles. The third-order valence-corrected chi connectivity index (χ3v) is 5.88. The smallest absolute Gasteiger partial charge is 0.382 e. The van der Waals surface area contributed by atoms with Gasteiger partial charge >= 0.3 is 6.18 Å². The van der Waals surface area contributed by atoms with Crippen molar-refractivity contribution in [2.75, 3.05) is 32.0 Å². The summed E-state index contributed by atoms with van der Waals surface area (Å²) in [5, 5.41) is 6.98. The van der Waals surface area contributed by atoms with Crippen molar-refractivity contribution in [3.8, 4) is 11.8 Å². The normalized spacial score (nSPS) is 17.9. The van der Waals surface area contributed by atoms with E-state index in [2.05, 4.69) is 34.4 Å². The summed E-state index contributed by atoms with van der Waals surface area (Å²) < 4.78 is 41.1.